The molecule has 1 amide bonds. The Bertz CT molecular complexity index is 755. The third-order valence-corrected chi connectivity index (χ3v) is 4.93. The topological polar surface area (TPSA) is 78.3 Å². The van der Waals surface area contributed by atoms with Crippen molar-refractivity contribution in [3.63, 3.8) is 0 Å². The summed E-state index contributed by atoms with van der Waals surface area (Å²) in [7, 11) is 0. The number of nitrogens with one attached hydrogen (secondary N) is 2. The molecule has 0 radical (unpaired) electrons. The van der Waals surface area contributed by atoms with Gasteiger partial charge >= 0.3 is 0 Å². The van der Waals surface area contributed by atoms with Crippen molar-refractivity contribution < 1.29 is 14.0 Å². The first-order chi connectivity index (χ1) is 12.0. The molecule has 6 heteroatoms. The zero-order chi connectivity index (χ0) is 18.0. The van der Waals surface area contributed by atoms with Crippen molar-refractivity contribution in [3.05, 3.63) is 46.7 Å². The highest BCUT2D eigenvalue weighted by Crippen LogP contribution is 2.25. The zero-order valence-corrected chi connectivity index (χ0v) is 15.0. The number of likely N-dealkylation sites (tertiary alicyclic amines) is 1. The molecule has 1 fully saturated rings. The lowest BCUT2D eigenvalue weighted by molar-refractivity contribution is 0.0932. The molecule has 3 heterocycles. The summed E-state index contributed by atoms with van der Waals surface area (Å²) in [6.07, 6.45) is 4.01. The molecule has 0 bridgehead atoms. The van der Waals surface area contributed by atoms with Crippen LogP contribution in [0, 0.1) is 13.8 Å². The maximum Gasteiger partial charge on any atom is 0.253 e. The molecule has 25 heavy (non-hydrogen) atoms. The molecule has 1 atom stereocenters. The van der Waals surface area contributed by atoms with Gasteiger partial charge in [-0.15, -0.1) is 0 Å². The second-order valence-corrected chi connectivity index (χ2v) is 6.67. The number of carbonyl (C=O) groups is 2. The van der Waals surface area contributed by atoms with Crippen molar-refractivity contribution in [3.8, 4) is 0 Å². The highest BCUT2D eigenvalue weighted by atomic mass is 16.3. The Balaban J connectivity index is 1.75. The number of aryl methyl sites for hydroxylation is 1. The molecule has 2 aromatic rings. The summed E-state index contributed by atoms with van der Waals surface area (Å²) in [5, 5.41) is 3.03. The third kappa shape index (κ3) is 3.54. The Morgan fingerprint density at radius 3 is 2.60 bits per heavy atom. The summed E-state index contributed by atoms with van der Waals surface area (Å²) in [4.78, 5) is 29.8. The van der Waals surface area contributed by atoms with Crippen LogP contribution in [0.5, 0.6) is 0 Å². The number of nitrogens with zero attached hydrogens (tertiary/aromatic N) is 1. The normalized spacial score (nSPS) is 16.1. The van der Waals surface area contributed by atoms with E-state index in [4.69, 9.17) is 4.42 Å². The molecule has 1 unspecified atom stereocenters. The number of hydrogen-bond acceptors (Lipinski definition) is 4. The maximum absolute atomic E-state index is 12.7. The first-order valence-corrected chi connectivity index (χ1v) is 8.74. The monoisotopic (exact) mass is 343 g/mol. The first-order valence-electron chi connectivity index (χ1n) is 8.74. The minimum absolute atomic E-state index is 0.0354. The van der Waals surface area contributed by atoms with Gasteiger partial charge in [0.1, 0.15) is 5.76 Å². The molecule has 0 aliphatic carbocycles. The van der Waals surface area contributed by atoms with Gasteiger partial charge in [-0.05, 0) is 57.5 Å². The molecule has 6 nitrogen and oxygen atoms in total. The van der Waals surface area contributed by atoms with E-state index in [0.717, 1.165) is 24.5 Å². The zero-order valence-electron chi connectivity index (χ0n) is 15.0. The van der Waals surface area contributed by atoms with Gasteiger partial charge in [0, 0.05) is 19.2 Å². The van der Waals surface area contributed by atoms with E-state index in [9.17, 15) is 9.59 Å². The molecule has 0 spiro atoms. The van der Waals surface area contributed by atoms with Crippen LogP contribution < -0.4 is 5.32 Å². The lowest BCUT2D eigenvalue weighted by Gasteiger charge is -2.26. The Morgan fingerprint density at radius 1 is 1.32 bits per heavy atom. The molecule has 2 aromatic heterocycles. The second-order valence-electron chi connectivity index (χ2n) is 6.67. The fraction of sp³-hybridized carbons (Fsp3) is 0.474. The summed E-state index contributed by atoms with van der Waals surface area (Å²) >= 11 is 0. The molecule has 0 saturated carbocycles. The number of aromatic nitrogens is 1. The van der Waals surface area contributed by atoms with Crippen molar-refractivity contribution in [1.82, 2.24) is 15.2 Å². The Hall–Kier alpha value is -2.34. The number of amides is 1. The van der Waals surface area contributed by atoms with Gasteiger partial charge in [-0.25, -0.2) is 0 Å². The molecule has 1 aliphatic rings. The van der Waals surface area contributed by atoms with Gasteiger partial charge in [0.2, 0.25) is 0 Å². The highest BCUT2D eigenvalue weighted by Gasteiger charge is 2.27. The number of carbonyl (C=O) groups excluding carboxylic acids is 2. The van der Waals surface area contributed by atoms with Crippen LogP contribution in [0.2, 0.25) is 0 Å². The SMILES string of the molecule is CC(=O)c1[nH]c(C)c(C(=O)NCC(c2ccco2)N2CCCC2)c1C. The van der Waals surface area contributed by atoms with Crippen molar-refractivity contribution in [2.24, 2.45) is 0 Å². The quantitative estimate of drug-likeness (QED) is 0.791. The van der Waals surface area contributed by atoms with Gasteiger partial charge in [-0.3, -0.25) is 14.5 Å². The van der Waals surface area contributed by atoms with E-state index in [1.54, 1.807) is 13.2 Å². The minimum atomic E-state index is -0.158. The fourth-order valence-electron chi connectivity index (χ4n) is 3.66. The molecule has 1 aliphatic heterocycles. The van der Waals surface area contributed by atoms with Crippen LogP contribution in [0.3, 0.4) is 0 Å². The van der Waals surface area contributed by atoms with E-state index in [-0.39, 0.29) is 17.7 Å². The van der Waals surface area contributed by atoms with Crippen molar-refractivity contribution in [1.29, 1.82) is 0 Å². The second kappa shape index (κ2) is 7.27. The Kier molecular flexibility index (Phi) is 5.08. The van der Waals surface area contributed by atoms with Gasteiger partial charge in [0.15, 0.2) is 5.78 Å². The highest BCUT2D eigenvalue weighted by molar-refractivity contribution is 6.02. The van der Waals surface area contributed by atoms with E-state index in [2.05, 4.69) is 15.2 Å². The van der Waals surface area contributed by atoms with Crippen LogP contribution in [0.4, 0.5) is 0 Å². The molecular weight excluding hydrogens is 318 g/mol. The van der Waals surface area contributed by atoms with Crippen molar-refractivity contribution >= 4 is 11.7 Å². The average Bonchev–Trinajstić information content (AvgIpc) is 3.29. The maximum atomic E-state index is 12.7. The average molecular weight is 343 g/mol. The third-order valence-electron chi connectivity index (χ3n) is 4.93. The lowest BCUT2D eigenvalue weighted by Crippen LogP contribution is -2.36. The number of furan rings is 1. The number of hydrogen-bond donors (Lipinski definition) is 2. The van der Waals surface area contributed by atoms with Crippen LogP contribution in [-0.2, 0) is 0 Å². The van der Waals surface area contributed by atoms with Crippen LogP contribution in [0.25, 0.3) is 0 Å². The molecular formula is C19H25N3O3. The number of aromatic amines is 1. The predicted octanol–water partition coefficient (Wildman–Crippen LogP) is 2.99. The van der Waals surface area contributed by atoms with Gasteiger partial charge in [-0.1, -0.05) is 0 Å². The Morgan fingerprint density at radius 2 is 2.04 bits per heavy atom. The minimum Gasteiger partial charge on any atom is -0.468 e. The molecule has 1 saturated heterocycles. The van der Waals surface area contributed by atoms with E-state index >= 15 is 0 Å². The van der Waals surface area contributed by atoms with Crippen LogP contribution in [0.15, 0.2) is 22.8 Å². The van der Waals surface area contributed by atoms with E-state index in [1.165, 1.54) is 19.8 Å². The van der Waals surface area contributed by atoms with Crippen molar-refractivity contribution in [2.75, 3.05) is 19.6 Å². The van der Waals surface area contributed by atoms with Gasteiger partial charge in [0.25, 0.3) is 5.91 Å². The summed E-state index contributed by atoms with van der Waals surface area (Å²) in [5.74, 6) is 0.647. The summed E-state index contributed by atoms with van der Waals surface area (Å²) < 4.78 is 5.59. The van der Waals surface area contributed by atoms with E-state index in [1.807, 2.05) is 19.1 Å². The van der Waals surface area contributed by atoms with Gasteiger partial charge < -0.3 is 14.7 Å². The standard InChI is InChI=1S/C19H25N3O3/c1-12-17(13(2)21-18(12)14(3)23)19(24)20-11-15(16-7-6-10-25-16)22-8-4-5-9-22/h6-7,10,15,21H,4-5,8-9,11H2,1-3H3,(H,20,24). The molecule has 0 aromatic carbocycles. The number of H-pyrrole nitrogens is 1. The van der Waals surface area contributed by atoms with Crippen LogP contribution >= 0.6 is 0 Å². The summed E-state index contributed by atoms with van der Waals surface area (Å²) in [6.45, 7) is 7.63. The molecule has 2 N–H and O–H groups in total. The summed E-state index contributed by atoms with van der Waals surface area (Å²) in [6, 6.07) is 3.86. The van der Waals surface area contributed by atoms with E-state index in [0.29, 0.717) is 23.4 Å². The van der Waals surface area contributed by atoms with Gasteiger partial charge in [0.05, 0.1) is 23.6 Å². The fourth-order valence-corrected chi connectivity index (χ4v) is 3.66. The van der Waals surface area contributed by atoms with Crippen LogP contribution in [-0.4, -0.2) is 41.2 Å². The predicted molar refractivity (Wildman–Crippen MR) is 94.9 cm³/mol. The van der Waals surface area contributed by atoms with Crippen LogP contribution in [0.1, 0.15) is 63.7 Å². The summed E-state index contributed by atoms with van der Waals surface area (Å²) in [5.41, 5.74) is 2.49. The number of rotatable bonds is 6. The largest absolute Gasteiger partial charge is 0.468 e. The Labute approximate surface area is 147 Å². The van der Waals surface area contributed by atoms with Crippen molar-refractivity contribution in [2.45, 2.75) is 39.7 Å². The smallest absolute Gasteiger partial charge is 0.253 e. The molecule has 3 rings (SSSR count). The van der Waals surface area contributed by atoms with E-state index < -0.39 is 0 Å². The van der Waals surface area contributed by atoms with Gasteiger partial charge in [-0.2, -0.15) is 0 Å². The first kappa shape index (κ1) is 17.5. The lowest BCUT2D eigenvalue weighted by atomic mass is 10.1. The molecule has 134 valence electrons. The number of Topliss-reactive ketones (excluding diaryl/α,β-unsaturated/α-hetero) is 1. The number of ketones is 1.